The number of fused-ring (bicyclic) bond motifs is 3. The van der Waals surface area contributed by atoms with Crippen molar-refractivity contribution in [2.24, 2.45) is 0 Å². The summed E-state index contributed by atoms with van der Waals surface area (Å²) < 4.78 is 2.64. The molecule has 0 saturated heterocycles. The topological polar surface area (TPSA) is 3.24 Å². The Morgan fingerprint density at radius 2 is 0.627 bits per heavy atom. The molecule has 1 nitrogen and oxygen atoms in total. The Morgan fingerprint density at radius 1 is 0.314 bits per heavy atom. The summed E-state index contributed by atoms with van der Waals surface area (Å²) in [5.41, 5.74) is 14.4. The highest BCUT2D eigenvalue weighted by atomic mass is 32.1. The van der Waals surface area contributed by atoms with Crippen molar-refractivity contribution in [3.05, 3.63) is 200 Å². The summed E-state index contributed by atoms with van der Waals surface area (Å²) in [4.78, 5) is 2.34. The van der Waals surface area contributed by atoms with Crippen molar-refractivity contribution in [1.29, 1.82) is 0 Å². The molecule has 0 bridgehead atoms. The number of nitrogens with zero attached hydrogens (tertiary/aromatic N) is 1. The number of hydrogen-bond acceptors (Lipinski definition) is 2. The van der Waals surface area contributed by atoms with Gasteiger partial charge in [0.2, 0.25) is 0 Å². The van der Waals surface area contributed by atoms with Crippen LogP contribution < -0.4 is 4.90 Å². The van der Waals surface area contributed by atoms with Gasteiger partial charge in [-0.05, 0) is 112 Å². The zero-order chi connectivity index (χ0) is 34.1. The minimum atomic E-state index is 1.11. The molecule has 51 heavy (non-hydrogen) atoms. The predicted molar refractivity (Wildman–Crippen MR) is 220 cm³/mol. The Kier molecular flexibility index (Phi) is 8.00. The zero-order valence-corrected chi connectivity index (χ0v) is 29.1. The lowest BCUT2D eigenvalue weighted by Gasteiger charge is -2.26. The number of aryl methyl sites for hydroxylation is 1. The van der Waals surface area contributed by atoms with Crippen LogP contribution in [0.3, 0.4) is 0 Å². The number of thiophene rings is 1. The third-order valence-corrected chi connectivity index (χ3v) is 10.9. The molecule has 0 aliphatic carbocycles. The Morgan fingerprint density at radius 3 is 1.02 bits per heavy atom. The van der Waals surface area contributed by atoms with E-state index in [1.54, 1.807) is 0 Å². The van der Waals surface area contributed by atoms with Gasteiger partial charge >= 0.3 is 0 Å². The molecule has 1 heterocycles. The molecule has 0 unspecified atom stereocenters. The molecule has 0 aliphatic heterocycles. The number of rotatable bonds is 7. The van der Waals surface area contributed by atoms with Crippen LogP contribution in [0.2, 0.25) is 0 Å². The molecule has 1 aromatic heterocycles. The molecule has 9 rings (SSSR count). The maximum atomic E-state index is 2.37. The second-order valence-electron chi connectivity index (χ2n) is 13.1. The van der Waals surface area contributed by atoms with Gasteiger partial charge in [-0.25, -0.2) is 0 Å². The van der Waals surface area contributed by atoms with Gasteiger partial charge in [0.25, 0.3) is 0 Å². The van der Waals surface area contributed by atoms with E-state index in [1.807, 2.05) is 11.3 Å². The van der Waals surface area contributed by atoms with Gasteiger partial charge in [0.1, 0.15) is 0 Å². The second-order valence-corrected chi connectivity index (χ2v) is 14.2. The first-order valence-corrected chi connectivity index (χ1v) is 18.2. The monoisotopic (exact) mass is 669 g/mol. The lowest BCUT2D eigenvalue weighted by molar-refractivity contribution is 1.28. The van der Waals surface area contributed by atoms with E-state index < -0.39 is 0 Å². The van der Waals surface area contributed by atoms with Crippen LogP contribution in [-0.4, -0.2) is 0 Å². The molecular weight excluding hydrogens is 635 g/mol. The number of benzene rings is 8. The van der Waals surface area contributed by atoms with Crippen LogP contribution in [0.1, 0.15) is 5.56 Å². The van der Waals surface area contributed by atoms with Crippen LogP contribution in [0.4, 0.5) is 17.1 Å². The molecule has 0 N–H and O–H groups in total. The largest absolute Gasteiger partial charge is 0.311 e. The van der Waals surface area contributed by atoms with E-state index in [9.17, 15) is 0 Å². The summed E-state index contributed by atoms with van der Waals surface area (Å²) in [6.45, 7) is 2.14. The summed E-state index contributed by atoms with van der Waals surface area (Å²) in [5.74, 6) is 0. The zero-order valence-electron chi connectivity index (χ0n) is 28.3. The van der Waals surface area contributed by atoms with Gasteiger partial charge in [0.15, 0.2) is 0 Å². The van der Waals surface area contributed by atoms with Crippen molar-refractivity contribution in [2.45, 2.75) is 6.92 Å². The minimum absolute atomic E-state index is 1.11. The lowest BCUT2D eigenvalue weighted by Crippen LogP contribution is -2.09. The van der Waals surface area contributed by atoms with Crippen molar-refractivity contribution < 1.29 is 0 Å². The lowest BCUT2D eigenvalue weighted by atomic mass is 9.99. The van der Waals surface area contributed by atoms with Crippen molar-refractivity contribution >= 4 is 48.6 Å². The molecule has 8 aromatic carbocycles. The quantitative estimate of drug-likeness (QED) is 0.163. The van der Waals surface area contributed by atoms with Gasteiger partial charge in [0, 0.05) is 37.2 Å². The highest BCUT2D eigenvalue weighted by molar-refractivity contribution is 7.25. The fraction of sp³-hybridized carbons (Fsp3) is 0.0204. The smallest absolute Gasteiger partial charge is 0.0462 e. The highest BCUT2D eigenvalue weighted by Crippen LogP contribution is 2.40. The standard InChI is InChI=1S/C49H35NS/c1-34-12-14-39(15-13-34)41-22-30-48-46(32-41)47-33-42(23-31-49(47)51-48)40-20-28-45(29-21-40)50(43-24-16-37(17-25-43)35-8-4-2-5-9-35)44-26-18-38(19-27-44)36-10-6-3-7-11-36/h2-33H,1H3. The van der Waals surface area contributed by atoms with E-state index in [1.165, 1.54) is 70.2 Å². The summed E-state index contributed by atoms with van der Waals surface area (Å²) >= 11 is 1.87. The molecule has 0 amide bonds. The van der Waals surface area contributed by atoms with Crippen LogP contribution in [0.15, 0.2) is 194 Å². The van der Waals surface area contributed by atoms with Crippen LogP contribution in [-0.2, 0) is 0 Å². The van der Waals surface area contributed by atoms with E-state index in [0.29, 0.717) is 0 Å². The Hall–Kier alpha value is -6.22. The molecule has 0 spiro atoms. The maximum Gasteiger partial charge on any atom is 0.0462 e. The average molecular weight is 670 g/mol. The molecule has 9 aromatic rings. The molecular formula is C49H35NS. The summed E-state index contributed by atoms with van der Waals surface area (Å²) in [6, 6.07) is 70.5. The van der Waals surface area contributed by atoms with E-state index in [2.05, 4.69) is 206 Å². The fourth-order valence-corrected chi connectivity index (χ4v) is 8.07. The predicted octanol–water partition coefficient (Wildman–Crippen LogP) is 14.5. The molecule has 0 saturated carbocycles. The third-order valence-electron chi connectivity index (χ3n) is 9.78. The first-order valence-electron chi connectivity index (χ1n) is 17.4. The summed E-state index contributed by atoms with van der Waals surface area (Å²) in [5, 5.41) is 2.62. The van der Waals surface area contributed by atoms with Gasteiger partial charge in [-0.3, -0.25) is 0 Å². The Bertz CT molecular complexity index is 2500. The Balaban J connectivity index is 1.08. The van der Waals surface area contributed by atoms with Crippen molar-refractivity contribution in [3.63, 3.8) is 0 Å². The highest BCUT2D eigenvalue weighted by Gasteiger charge is 2.15. The van der Waals surface area contributed by atoms with Gasteiger partial charge in [-0.1, -0.05) is 139 Å². The van der Waals surface area contributed by atoms with E-state index in [-0.39, 0.29) is 0 Å². The first kappa shape index (κ1) is 30.8. The van der Waals surface area contributed by atoms with Crippen molar-refractivity contribution in [1.82, 2.24) is 0 Å². The van der Waals surface area contributed by atoms with Gasteiger partial charge < -0.3 is 4.90 Å². The van der Waals surface area contributed by atoms with Crippen LogP contribution in [0.5, 0.6) is 0 Å². The van der Waals surface area contributed by atoms with Crippen LogP contribution >= 0.6 is 11.3 Å². The molecule has 0 radical (unpaired) electrons. The molecule has 242 valence electrons. The minimum Gasteiger partial charge on any atom is -0.311 e. The molecule has 0 aliphatic rings. The molecule has 0 atom stereocenters. The van der Waals surface area contributed by atoms with Crippen molar-refractivity contribution in [2.75, 3.05) is 4.90 Å². The van der Waals surface area contributed by atoms with Gasteiger partial charge in [-0.2, -0.15) is 0 Å². The maximum absolute atomic E-state index is 2.37. The van der Waals surface area contributed by atoms with Crippen molar-refractivity contribution in [3.8, 4) is 44.5 Å². The van der Waals surface area contributed by atoms with Gasteiger partial charge in [-0.15, -0.1) is 11.3 Å². The van der Waals surface area contributed by atoms with Crippen LogP contribution in [0, 0.1) is 6.92 Å². The first-order chi connectivity index (χ1) is 25.2. The normalized spacial score (nSPS) is 11.2. The average Bonchev–Trinajstić information content (AvgIpc) is 3.57. The third kappa shape index (κ3) is 6.12. The Labute approximate surface area is 303 Å². The number of hydrogen-bond donors (Lipinski definition) is 0. The van der Waals surface area contributed by atoms with E-state index >= 15 is 0 Å². The summed E-state index contributed by atoms with van der Waals surface area (Å²) in [6.07, 6.45) is 0. The van der Waals surface area contributed by atoms with E-state index in [4.69, 9.17) is 0 Å². The van der Waals surface area contributed by atoms with E-state index in [0.717, 1.165) is 17.1 Å². The SMILES string of the molecule is Cc1ccc(-c2ccc3sc4ccc(-c5ccc(N(c6ccc(-c7ccccc7)cc6)c6ccc(-c7ccccc7)cc6)cc5)cc4c3c2)cc1. The van der Waals surface area contributed by atoms with Crippen LogP contribution in [0.25, 0.3) is 64.7 Å². The second kappa shape index (κ2) is 13.2. The summed E-state index contributed by atoms with van der Waals surface area (Å²) in [7, 11) is 0. The molecule has 0 fully saturated rings. The molecule has 2 heteroatoms. The number of anilines is 3. The van der Waals surface area contributed by atoms with Gasteiger partial charge in [0.05, 0.1) is 0 Å². The fourth-order valence-electron chi connectivity index (χ4n) is 7.00.